The summed E-state index contributed by atoms with van der Waals surface area (Å²) in [7, 11) is 0.325. The Morgan fingerprint density at radius 1 is 0.914 bits per heavy atom. The number of anilines is 2. The van der Waals surface area contributed by atoms with Crippen molar-refractivity contribution < 1.29 is 17.9 Å². The SMILES string of the molecule is Cc1ccc(S(=O)(=O)NC2COC3C(Nc4nccc(-c5ccc(N(C)C)cc5)n4)COC23)cc1. The Hall–Kier alpha value is -3.05. The molecule has 9 nitrogen and oxygen atoms in total. The largest absolute Gasteiger partial charge is 0.378 e. The molecule has 5 rings (SSSR count). The molecule has 2 aliphatic rings. The van der Waals surface area contributed by atoms with Gasteiger partial charge in [-0.25, -0.2) is 23.1 Å². The van der Waals surface area contributed by atoms with Crippen molar-refractivity contribution in [3.8, 4) is 11.3 Å². The van der Waals surface area contributed by atoms with E-state index in [1.807, 2.05) is 56.3 Å². The Kier molecular flexibility index (Phi) is 6.45. The van der Waals surface area contributed by atoms with Gasteiger partial charge in [0.15, 0.2) is 0 Å². The van der Waals surface area contributed by atoms with Crippen molar-refractivity contribution in [1.29, 1.82) is 0 Å². The highest BCUT2D eigenvalue weighted by Gasteiger charge is 2.49. The smallest absolute Gasteiger partial charge is 0.240 e. The zero-order valence-electron chi connectivity index (χ0n) is 19.9. The molecule has 2 aromatic carbocycles. The maximum Gasteiger partial charge on any atom is 0.240 e. The first kappa shape index (κ1) is 23.7. The van der Waals surface area contributed by atoms with Gasteiger partial charge >= 0.3 is 0 Å². The second kappa shape index (κ2) is 9.54. The van der Waals surface area contributed by atoms with Crippen molar-refractivity contribution in [1.82, 2.24) is 14.7 Å². The monoisotopic (exact) mass is 495 g/mol. The average molecular weight is 496 g/mol. The maximum absolute atomic E-state index is 12.8. The number of fused-ring (bicyclic) bond motifs is 1. The van der Waals surface area contributed by atoms with Crippen LogP contribution in [-0.4, -0.2) is 70.0 Å². The van der Waals surface area contributed by atoms with Gasteiger partial charge in [0, 0.05) is 31.5 Å². The minimum absolute atomic E-state index is 0.194. The van der Waals surface area contributed by atoms with Gasteiger partial charge in [-0.05, 0) is 37.3 Å². The van der Waals surface area contributed by atoms with E-state index in [2.05, 4.69) is 20.0 Å². The van der Waals surface area contributed by atoms with Crippen LogP contribution >= 0.6 is 0 Å². The van der Waals surface area contributed by atoms with Crippen molar-refractivity contribution in [3.05, 3.63) is 66.4 Å². The van der Waals surface area contributed by atoms with E-state index < -0.39 is 22.2 Å². The number of ether oxygens (including phenoxy) is 2. The van der Waals surface area contributed by atoms with E-state index in [1.165, 1.54) is 0 Å². The summed E-state index contributed by atoms with van der Waals surface area (Å²) in [5, 5.41) is 3.32. The van der Waals surface area contributed by atoms with E-state index in [4.69, 9.17) is 9.47 Å². The molecule has 1 aromatic heterocycles. The molecule has 2 aliphatic heterocycles. The quantitative estimate of drug-likeness (QED) is 0.515. The van der Waals surface area contributed by atoms with E-state index in [0.29, 0.717) is 12.6 Å². The molecular weight excluding hydrogens is 466 g/mol. The summed E-state index contributed by atoms with van der Waals surface area (Å²) >= 11 is 0. The molecule has 3 heterocycles. The normalized spacial score (nSPS) is 23.7. The molecule has 2 N–H and O–H groups in total. The second-order valence-electron chi connectivity index (χ2n) is 9.09. The van der Waals surface area contributed by atoms with Crippen molar-refractivity contribution in [2.24, 2.45) is 0 Å². The molecule has 4 unspecified atom stereocenters. The molecule has 184 valence electrons. The lowest BCUT2D eigenvalue weighted by molar-refractivity contribution is 0.0690. The summed E-state index contributed by atoms with van der Waals surface area (Å²) in [5.74, 6) is 0.473. The fourth-order valence-electron chi connectivity index (χ4n) is 4.39. The van der Waals surface area contributed by atoms with Crippen LogP contribution in [0.25, 0.3) is 11.3 Å². The van der Waals surface area contributed by atoms with Crippen LogP contribution in [0.1, 0.15) is 5.56 Å². The third-order valence-electron chi connectivity index (χ3n) is 6.34. The highest BCUT2D eigenvalue weighted by Crippen LogP contribution is 2.30. The molecular formula is C25H29N5O4S. The molecule has 4 atom stereocenters. The molecule has 0 amide bonds. The fourth-order valence-corrected chi connectivity index (χ4v) is 5.63. The zero-order chi connectivity index (χ0) is 24.6. The summed E-state index contributed by atoms with van der Waals surface area (Å²) in [6.45, 7) is 2.51. The standard InChI is InChI=1S/C25H29N5O4S/c1-16-4-10-19(11-5-16)35(31,32)29-22-15-34-23-21(14-33-24(22)23)28-25-26-13-12-20(27-25)17-6-8-18(9-7-17)30(2)3/h4-13,21-24,29H,14-15H2,1-3H3,(H,26,27,28). The van der Waals surface area contributed by atoms with Gasteiger partial charge < -0.3 is 19.7 Å². The lowest BCUT2D eigenvalue weighted by atomic mass is 10.1. The predicted octanol–water partition coefficient (Wildman–Crippen LogP) is 2.44. The van der Waals surface area contributed by atoms with Crippen LogP contribution in [0.2, 0.25) is 0 Å². The van der Waals surface area contributed by atoms with Crippen molar-refractivity contribution in [2.75, 3.05) is 37.5 Å². The number of aryl methyl sites for hydroxylation is 1. The van der Waals surface area contributed by atoms with Gasteiger partial charge in [-0.3, -0.25) is 0 Å². The summed E-state index contributed by atoms with van der Waals surface area (Å²) in [6, 6.07) is 16.1. The molecule has 0 saturated carbocycles. The number of sulfonamides is 1. The van der Waals surface area contributed by atoms with E-state index in [-0.39, 0.29) is 23.6 Å². The van der Waals surface area contributed by atoms with Gasteiger partial charge in [0.05, 0.1) is 35.9 Å². The molecule has 35 heavy (non-hydrogen) atoms. The Morgan fingerprint density at radius 2 is 1.57 bits per heavy atom. The minimum Gasteiger partial charge on any atom is -0.378 e. The van der Waals surface area contributed by atoms with Crippen molar-refractivity contribution >= 4 is 21.7 Å². The van der Waals surface area contributed by atoms with Gasteiger partial charge in [0.25, 0.3) is 0 Å². The van der Waals surface area contributed by atoms with Gasteiger partial charge in [0.1, 0.15) is 12.2 Å². The third kappa shape index (κ3) is 5.01. The number of nitrogens with one attached hydrogen (secondary N) is 2. The maximum atomic E-state index is 12.8. The van der Waals surface area contributed by atoms with E-state index in [0.717, 1.165) is 22.5 Å². The lowest BCUT2D eigenvalue weighted by Gasteiger charge is -2.18. The summed E-state index contributed by atoms with van der Waals surface area (Å²) < 4.78 is 40.3. The van der Waals surface area contributed by atoms with Gasteiger partial charge in [0.2, 0.25) is 16.0 Å². The Bertz CT molecular complexity index is 1280. The molecule has 2 fully saturated rings. The first-order valence-electron chi connectivity index (χ1n) is 11.5. The van der Waals surface area contributed by atoms with Crippen LogP contribution < -0.4 is 14.9 Å². The third-order valence-corrected chi connectivity index (χ3v) is 7.85. The Labute approximate surface area is 205 Å². The van der Waals surface area contributed by atoms with Gasteiger partial charge in [-0.1, -0.05) is 29.8 Å². The minimum atomic E-state index is -3.68. The lowest BCUT2D eigenvalue weighted by Crippen LogP contribution is -2.44. The number of nitrogens with zero attached hydrogens (tertiary/aromatic N) is 3. The number of hydrogen-bond donors (Lipinski definition) is 2. The summed E-state index contributed by atoms with van der Waals surface area (Å²) in [6.07, 6.45) is 1.01. The Balaban J connectivity index is 1.25. The first-order chi connectivity index (χ1) is 16.8. The van der Waals surface area contributed by atoms with Crippen LogP contribution in [0.15, 0.2) is 65.7 Å². The van der Waals surface area contributed by atoms with Crippen LogP contribution in [0.3, 0.4) is 0 Å². The Morgan fingerprint density at radius 3 is 2.26 bits per heavy atom. The van der Waals surface area contributed by atoms with E-state index >= 15 is 0 Å². The average Bonchev–Trinajstić information content (AvgIpc) is 3.43. The number of rotatable bonds is 7. The van der Waals surface area contributed by atoms with Crippen molar-refractivity contribution in [3.63, 3.8) is 0 Å². The molecule has 3 aromatic rings. The second-order valence-corrected chi connectivity index (χ2v) is 10.8. The van der Waals surface area contributed by atoms with Gasteiger partial charge in [-0.2, -0.15) is 0 Å². The van der Waals surface area contributed by atoms with E-state index in [9.17, 15) is 8.42 Å². The highest BCUT2D eigenvalue weighted by molar-refractivity contribution is 7.89. The van der Waals surface area contributed by atoms with Crippen molar-refractivity contribution in [2.45, 2.75) is 36.1 Å². The molecule has 0 radical (unpaired) electrons. The number of aromatic nitrogens is 2. The van der Waals surface area contributed by atoms with Crippen LogP contribution in [-0.2, 0) is 19.5 Å². The molecule has 0 aliphatic carbocycles. The zero-order valence-corrected chi connectivity index (χ0v) is 20.7. The molecule has 0 spiro atoms. The van der Waals surface area contributed by atoms with E-state index in [1.54, 1.807) is 30.5 Å². The predicted molar refractivity (Wildman–Crippen MR) is 134 cm³/mol. The topological polar surface area (TPSA) is 106 Å². The molecule has 2 saturated heterocycles. The summed E-state index contributed by atoms with van der Waals surface area (Å²) in [4.78, 5) is 11.3. The fraction of sp³-hybridized carbons (Fsp3) is 0.360. The van der Waals surface area contributed by atoms with Crippen LogP contribution in [0.4, 0.5) is 11.6 Å². The summed E-state index contributed by atoms with van der Waals surface area (Å²) in [5.41, 5.74) is 3.91. The number of benzene rings is 2. The highest BCUT2D eigenvalue weighted by atomic mass is 32.2. The van der Waals surface area contributed by atoms with Crippen LogP contribution in [0.5, 0.6) is 0 Å². The number of hydrogen-bond acceptors (Lipinski definition) is 8. The van der Waals surface area contributed by atoms with Gasteiger partial charge in [-0.15, -0.1) is 0 Å². The first-order valence-corrected chi connectivity index (χ1v) is 13.0. The van der Waals surface area contributed by atoms with Crippen LogP contribution in [0, 0.1) is 6.92 Å². The molecule has 0 bridgehead atoms. The molecule has 10 heteroatoms.